The van der Waals surface area contributed by atoms with Crippen molar-refractivity contribution in [3.05, 3.63) is 70.5 Å². The number of aryl methyl sites for hydroxylation is 1. The monoisotopic (exact) mass is 391 g/mol. The van der Waals surface area contributed by atoms with Crippen LogP contribution in [0.4, 0.5) is 4.39 Å². The zero-order valence-corrected chi connectivity index (χ0v) is 17.0. The van der Waals surface area contributed by atoms with Crippen LogP contribution in [-0.2, 0) is 32.3 Å². The molecule has 0 saturated heterocycles. The molecule has 146 valence electrons. The largest absolute Gasteiger partial charge is 0.351 e. The topological polar surface area (TPSA) is 63.2 Å². The quantitative estimate of drug-likeness (QED) is 0.817. The summed E-state index contributed by atoms with van der Waals surface area (Å²) in [6.07, 6.45) is 0. The van der Waals surface area contributed by atoms with E-state index in [4.69, 9.17) is 0 Å². The fraction of sp³-hybridized carbons (Fsp3) is 0.381. The second-order valence-electron chi connectivity index (χ2n) is 7.84. The van der Waals surface area contributed by atoms with Crippen molar-refractivity contribution in [3.8, 4) is 0 Å². The summed E-state index contributed by atoms with van der Waals surface area (Å²) in [7, 11) is -3.57. The van der Waals surface area contributed by atoms with Gasteiger partial charge in [0.1, 0.15) is 11.6 Å². The van der Waals surface area contributed by atoms with Crippen molar-refractivity contribution in [2.45, 2.75) is 45.4 Å². The molecule has 0 bridgehead atoms. The highest BCUT2D eigenvalue weighted by Gasteiger charge is 2.18. The molecule has 0 fully saturated rings. The van der Waals surface area contributed by atoms with E-state index >= 15 is 0 Å². The Balaban J connectivity index is 1.92. The highest BCUT2D eigenvalue weighted by molar-refractivity contribution is 7.91. The van der Waals surface area contributed by atoms with E-state index in [9.17, 15) is 17.6 Å². The van der Waals surface area contributed by atoms with Crippen molar-refractivity contribution in [2.75, 3.05) is 5.75 Å². The molecule has 0 aliphatic heterocycles. The van der Waals surface area contributed by atoms with Gasteiger partial charge in [0.05, 0.1) is 5.75 Å². The van der Waals surface area contributed by atoms with Gasteiger partial charge in [0.25, 0.3) is 0 Å². The zero-order chi connectivity index (χ0) is 20.2. The molecule has 1 amide bonds. The van der Waals surface area contributed by atoms with E-state index in [1.54, 1.807) is 31.2 Å². The van der Waals surface area contributed by atoms with Crippen molar-refractivity contribution in [1.29, 1.82) is 0 Å². The van der Waals surface area contributed by atoms with Crippen molar-refractivity contribution in [2.24, 2.45) is 0 Å². The first-order chi connectivity index (χ1) is 12.5. The number of hydrogen-bond acceptors (Lipinski definition) is 3. The predicted molar refractivity (Wildman–Crippen MR) is 106 cm³/mol. The van der Waals surface area contributed by atoms with Gasteiger partial charge < -0.3 is 5.32 Å². The number of carbonyl (C=O) groups excluding carboxylic acids is 1. The molecule has 2 aromatic carbocycles. The van der Waals surface area contributed by atoms with E-state index in [1.165, 1.54) is 6.07 Å². The Morgan fingerprint density at radius 3 is 2.19 bits per heavy atom. The third-order valence-corrected chi connectivity index (χ3v) is 5.74. The molecule has 0 saturated carbocycles. The van der Waals surface area contributed by atoms with Crippen molar-refractivity contribution in [3.63, 3.8) is 0 Å². The van der Waals surface area contributed by atoms with Gasteiger partial charge in [0.15, 0.2) is 9.84 Å². The zero-order valence-electron chi connectivity index (χ0n) is 16.2. The van der Waals surface area contributed by atoms with Crippen LogP contribution in [0.15, 0.2) is 42.5 Å². The third-order valence-electron chi connectivity index (χ3n) is 4.27. The van der Waals surface area contributed by atoms with Crippen LogP contribution in [0.5, 0.6) is 0 Å². The van der Waals surface area contributed by atoms with Crippen LogP contribution in [0.1, 0.15) is 43.0 Å². The summed E-state index contributed by atoms with van der Waals surface area (Å²) in [5.41, 5.74) is 2.97. The van der Waals surface area contributed by atoms with Crippen LogP contribution in [0.25, 0.3) is 0 Å². The maximum Gasteiger partial charge on any atom is 0.235 e. The Hall–Kier alpha value is -2.21. The fourth-order valence-electron chi connectivity index (χ4n) is 2.67. The number of nitrogens with one attached hydrogen (secondary N) is 1. The number of carbonyl (C=O) groups is 1. The molecule has 0 spiro atoms. The summed E-state index contributed by atoms with van der Waals surface area (Å²) in [6.45, 7) is 8.06. The van der Waals surface area contributed by atoms with Gasteiger partial charge in [-0.2, -0.15) is 0 Å². The minimum absolute atomic E-state index is 0.00397. The van der Waals surface area contributed by atoms with Crippen LogP contribution in [-0.4, -0.2) is 20.1 Å². The number of benzene rings is 2. The number of sulfone groups is 1. The van der Waals surface area contributed by atoms with Gasteiger partial charge in [0.2, 0.25) is 5.91 Å². The van der Waals surface area contributed by atoms with E-state index in [0.29, 0.717) is 11.1 Å². The van der Waals surface area contributed by atoms with E-state index in [2.05, 4.69) is 26.1 Å². The summed E-state index contributed by atoms with van der Waals surface area (Å²) in [4.78, 5) is 12.0. The molecular formula is C21H26FNO3S. The smallest absolute Gasteiger partial charge is 0.235 e. The Kier molecular flexibility index (Phi) is 6.42. The third kappa shape index (κ3) is 6.47. The number of rotatable bonds is 6. The lowest BCUT2D eigenvalue weighted by atomic mass is 9.87. The van der Waals surface area contributed by atoms with Crippen LogP contribution >= 0.6 is 0 Å². The maximum atomic E-state index is 13.3. The van der Waals surface area contributed by atoms with E-state index in [1.807, 2.05) is 12.1 Å². The average Bonchev–Trinajstić information content (AvgIpc) is 2.54. The van der Waals surface area contributed by atoms with E-state index in [0.717, 1.165) is 11.1 Å². The lowest BCUT2D eigenvalue weighted by molar-refractivity contribution is -0.118. The molecule has 2 aromatic rings. The summed E-state index contributed by atoms with van der Waals surface area (Å²) < 4.78 is 37.8. The SMILES string of the molecule is Cc1cc(CNC(=O)CS(=O)(=O)Cc2ccc(C(C)(C)C)cc2)ccc1F. The summed E-state index contributed by atoms with van der Waals surface area (Å²) in [6, 6.07) is 11.9. The normalized spacial score (nSPS) is 12.0. The highest BCUT2D eigenvalue weighted by atomic mass is 32.2. The predicted octanol–water partition coefficient (Wildman–Crippen LogP) is 3.66. The summed E-state index contributed by atoms with van der Waals surface area (Å²) in [5, 5.41) is 2.58. The van der Waals surface area contributed by atoms with Crippen molar-refractivity contribution < 1.29 is 17.6 Å². The molecule has 6 heteroatoms. The first kappa shape index (κ1) is 21.1. The van der Waals surface area contributed by atoms with Gasteiger partial charge >= 0.3 is 0 Å². The second kappa shape index (κ2) is 8.21. The second-order valence-corrected chi connectivity index (χ2v) is 9.90. The van der Waals surface area contributed by atoms with Crippen LogP contribution in [0.2, 0.25) is 0 Å². The molecule has 0 aliphatic carbocycles. The molecule has 27 heavy (non-hydrogen) atoms. The van der Waals surface area contributed by atoms with Gasteiger partial charge in [-0.25, -0.2) is 12.8 Å². The first-order valence-electron chi connectivity index (χ1n) is 8.78. The van der Waals surface area contributed by atoms with Gasteiger partial charge in [-0.3, -0.25) is 4.79 Å². The van der Waals surface area contributed by atoms with Gasteiger partial charge in [-0.1, -0.05) is 57.2 Å². The Labute approximate surface area is 160 Å². The molecule has 1 N–H and O–H groups in total. The fourth-order valence-corrected chi connectivity index (χ4v) is 3.98. The Bertz CT molecular complexity index is 913. The van der Waals surface area contributed by atoms with Gasteiger partial charge in [-0.05, 0) is 40.7 Å². The lowest BCUT2D eigenvalue weighted by Crippen LogP contribution is -2.30. The minimum Gasteiger partial charge on any atom is -0.351 e. The molecule has 0 atom stereocenters. The van der Waals surface area contributed by atoms with E-state index in [-0.39, 0.29) is 23.5 Å². The van der Waals surface area contributed by atoms with E-state index < -0.39 is 21.5 Å². The van der Waals surface area contributed by atoms with Gasteiger partial charge in [-0.15, -0.1) is 0 Å². The molecule has 4 nitrogen and oxygen atoms in total. The Morgan fingerprint density at radius 1 is 1.04 bits per heavy atom. The molecular weight excluding hydrogens is 365 g/mol. The number of halogens is 1. The van der Waals surface area contributed by atoms with Crippen LogP contribution in [0, 0.1) is 12.7 Å². The number of amides is 1. The highest BCUT2D eigenvalue weighted by Crippen LogP contribution is 2.22. The molecule has 2 rings (SSSR count). The van der Waals surface area contributed by atoms with Crippen molar-refractivity contribution in [1.82, 2.24) is 5.32 Å². The van der Waals surface area contributed by atoms with Crippen LogP contribution < -0.4 is 5.32 Å². The Morgan fingerprint density at radius 2 is 1.63 bits per heavy atom. The first-order valence-corrected chi connectivity index (χ1v) is 10.6. The van der Waals surface area contributed by atoms with Gasteiger partial charge in [0, 0.05) is 6.54 Å². The molecule has 0 unspecified atom stereocenters. The standard InChI is InChI=1S/C21H26FNO3S/c1-15-11-17(7-10-19(15)22)12-23-20(24)14-27(25,26)13-16-5-8-18(9-6-16)21(2,3)4/h5-11H,12-14H2,1-4H3,(H,23,24). The average molecular weight is 392 g/mol. The van der Waals surface area contributed by atoms with Crippen molar-refractivity contribution >= 4 is 15.7 Å². The minimum atomic E-state index is -3.57. The van der Waals surface area contributed by atoms with Crippen LogP contribution in [0.3, 0.4) is 0 Å². The molecule has 0 heterocycles. The summed E-state index contributed by atoms with van der Waals surface area (Å²) >= 11 is 0. The number of hydrogen-bond donors (Lipinski definition) is 1. The lowest BCUT2D eigenvalue weighted by Gasteiger charge is -2.19. The molecule has 0 radical (unpaired) electrons. The molecule has 0 aliphatic rings. The maximum absolute atomic E-state index is 13.3. The summed E-state index contributed by atoms with van der Waals surface area (Å²) in [5.74, 6) is -1.64. The molecule has 0 aromatic heterocycles.